The lowest BCUT2D eigenvalue weighted by Crippen LogP contribution is -2.14. The zero-order valence-electron chi connectivity index (χ0n) is 9.73. The molecule has 0 bridgehead atoms. The van der Waals surface area contributed by atoms with E-state index >= 15 is 0 Å². The third-order valence-electron chi connectivity index (χ3n) is 3.67. The lowest BCUT2D eigenvalue weighted by Gasteiger charge is -2.19. The first-order valence-corrected chi connectivity index (χ1v) is 6.33. The summed E-state index contributed by atoms with van der Waals surface area (Å²) < 4.78 is 0. The van der Waals surface area contributed by atoms with E-state index in [1.54, 1.807) is 0 Å². The number of nitrogens with zero attached hydrogens (tertiary/aromatic N) is 1. The molecule has 1 saturated carbocycles. The Bertz CT molecular complexity index is 349. The predicted molar refractivity (Wildman–Crippen MR) is 65.8 cm³/mol. The van der Waals surface area contributed by atoms with Crippen molar-refractivity contribution >= 4 is 0 Å². The molecule has 1 aromatic carbocycles. The molecule has 0 aliphatic heterocycles. The van der Waals surface area contributed by atoms with Crippen molar-refractivity contribution in [3.63, 3.8) is 0 Å². The van der Waals surface area contributed by atoms with Gasteiger partial charge < -0.3 is 0 Å². The fourth-order valence-electron chi connectivity index (χ4n) is 2.72. The molecule has 1 aliphatic carbocycles. The van der Waals surface area contributed by atoms with E-state index in [9.17, 15) is 5.26 Å². The number of benzene rings is 1. The van der Waals surface area contributed by atoms with Crippen LogP contribution in [0.4, 0.5) is 0 Å². The minimum Gasteiger partial charge on any atom is -0.198 e. The Morgan fingerprint density at radius 2 is 1.81 bits per heavy atom. The van der Waals surface area contributed by atoms with E-state index in [2.05, 4.69) is 36.4 Å². The maximum atomic E-state index is 9.21. The molecule has 1 aliphatic rings. The largest absolute Gasteiger partial charge is 0.198 e. The van der Waals surface area contributed by atoms with Gasteiger partial charge in [0.1, 0.15) is 0 Å². The second kappa shape index (κ2) is 5.70. The predicted octanol–water partition coefficient (Wildman–Crippen LogP) is 3.95. The van der Waals surface area contributed by atoms with Crippen LogP contribution in [0.25, 0.3) is 0 Å². The summed E-state index contributed by atoms with van der Waals surface area (Å²) in [4.78, 5) is 0. The van der Waals surface area contributed by atoms with E-state index in [-0.39, 0.29) is 5.92 Å². The van der Waals surface area contributed by atoms with Crippen LogP contribution in [-0.2, 0) is 6.42 Å². The number of rotatable bonds is 2. The number of nitriles is 1. The molecule has 0 spiro atoms. The average molecular weight is 213 g/mol. The lowest BCUT2D eigenvalue weighted by molar-refractivity contribution is 0.378. The Morgan fingerprint density at radius 3 is 2.56 bits per heavy atom. The van der Waals surface area contributed by atoms with Crippen molar-refractivity contribution in [3.05, 3.63) is 35.9 Å². The van der Waals surface area contributed by atoms with Gasteiger partial charge >= 0.3 is 0 Å². The van der Waals surface area contributed by atoms with Crippen molar-refractivity contribution in [2.24, 2.45) is 11.8 Å². The summed E-state index contributed by atoms with van der Waals surface area (Å²) in [5, 5.41) is 9.21. The second-order valence-corrected chi connectivity index (χ2v) is 4.82. The number of hydrogen-bond donors (Lipinski definition) is 0. The summed E-state index contributed by atoms with van der Waals surface area (Å²) in [6.07, 6.45) is 7.27. The molecule has 0 N–H and O–H groups in total. The first-order chi connectivity index (χ1) is 7.90. The zero-order valence-corrected chi connectivity index (χ0v) is 9.73. The van der Waals surface area contributed by atoms with E-state index in [4.69, 9.17) is 0 Å². The van der Waals surface area contributed by atoms with E-state index < -0.39 is 0 Å². The fraction of sp³-hybridized carbons (Fsp3) is 0.533. The number of hydrogen-bond acceptors (Lipinski definition) is 1. The van der Waals surface area contributed by atoms with Crippen LogP contribution in [0.2, 0.25) is 0 Å². The van der Waals surface area contributed by atoms with Crippen molar-refractivity contribution in [2.75, 3.05) is 0 Å². The maximum absolute atomic E-state index is 9.21. The molecule has 16 heavy (non-hydrogen) atoms. The topological polar surface area (TPSA) is 23.8 Å². The molecule has 0 radical (unpaired) electrons. The Kier molecular flexibility index (Phi) is 3.99. The highest BCUT2D eigenvalue weighted by Gasteiger charge is 2.23. The highest BCUT2D eigenvalue weighted by molar-refractivity contribution is 5.16. The molecule has 1 heteroatoms. The van der Waals surface area contributed by atoms with E-state index in [0.29, 0.717) is 5.92 Å². The van der Waals surface area contributed by atoms with Gasteiger partial charge in [0, 0.05) is 5.92 Å². The first-order valence-electron chi connectivity index (χ1n) is 6.33. The molecule has 1 aromatic rings. The zero-order chi connectivity index (χ0) is 11.2. The third-order valence-corrected chi connectivity index (χ3v) is 3.67. The Balaban J connectivity index is 2.04. The quantitative estimate of drug-likeness (QED) is 0.682. The van der Waals surface area contributed by atoms with Gasteiger partial charge in [-0.15, -0.1) is 0 Å². The van der Waals surface area contributed by atoms with Crippen molar-refractivity contribution in [3.8, 4) is 6.07 Å². The lowest BCUT2D eigenvalue weighted by atomic mass is 9.84. The molecule has 0 saturated heterocycles. The highest BCUT2D eigenvalue weighted by Crippen LogP contribution is 2.30. The second-order valence-electron chi connectivity index (χ2n) is 4.82. The SMILES string of the molecule is N#CC1CCCCCC1Cc1ccccc1. The molecule has 2 atom stereocenters. The monoisotopic (exact) mass is 213 g/mol. The van der Waals surface area contributed by atoms with E-state index in [0.717, 1.165) is 12.8 Å². The normalized spacial score (nSPS) is 25.7. The summed E-state index contributed by atoms with van der Waals surface area (Å²) in [6.45, 7) is 0. The molecular formula is C15H19N. The van der Waals surface area contributed by atoms with E-state index in [1.807, 2.05) is 0 Å². The summed E-state index contributed by atoms with van der Waals surface area (Å²) >= 11 is 0. The first kappa shape index (κ1) is 11.2. The van der Waals surface area contributed by atoms with Crippen molar-refractivity contribution in [1.82, 2.24) is 0 Å². The van der Waals surface area contributed by atoms with Crippen LogP contribution < -0.4 is 0 Å². The summed E-state index contributed by atoms with van der Waals surface area (Å²) in [7, 11) is 0. The molecule has 0 aromatic heterocycles. The van der Waals surface area contributed by atoms with Crippen molar-refractivity contribution in [1.29, 1.82) is 5.26 Å². The summed E-state index contributed by atoms with van der Waals surface area (Å²) in [5.41, 5.74) is 1.38. The molecule has 2 rings (SSSR count). The molecule has 0 heterocycles. The van der Waals surface area contributed by atoms with Crippen molar-refractivity contribution < 1.29 is 0 Å². The third kappa shape index (κ3) is 2.85. The summed E-state index contributed by atoms with van der Waals surface area (Å²) in [5.74, 6) is 0.859. The molecule has 0 amide bonds. The Hall–Kier alpha value is -1.29. The van der Waals surface area contributed by atoms with Gasteiger partial charge in [-0.2, -0.15) is 5.26 Å². The van der Waals surface area contributed by atoms with Crippen LogP contribution in [-0.4, -0.2) is 0 Å². The smallest absolute Gasteiger partial charge is 0.0658 e. The molecule has 1 nitrogen and oxygen atoms in total. The van der Waals surface area contributed by atoms with E-state index in [1.165, 1.54) is 31.2 Å². The minimum absolute atomic E-state index is 0.280. The van der Waals surface area contributed by atoms with Crippen LogP contribution >= 0.6 is 0 Å². The van der Waals surface area contributed by atoms with Gasteiger partial charge in [0.15, 0.2) is 0 Å². The van der Waals surface area contributed by atoms with Crippen LogP contribution in [0.5, 0.6) is 0 Å². The Morgan fingerprint density at radius 1 is 1.06 bits per heavy atom. The van der Waals surface area contributed by atoms with Gasteiger partial charge in [-0.25, -0.2) is 0 Å². The van der Waals surface area contributed by atoms with Gasteiger partial charge in [0.05, 0.1) is 6.07 Å². The van der Waals surface area contributed by atoms with Gasteiger partial charge in [0.25, 0.3) is 0 Å². The van der Waals surface area contributed by atoms with Crippen molar-refractivity contribution in [2.45, 2.75) is 38.5 Å². The molecule has 2 unspecified atom stereocenters. The van der Waals surface area contributed by atoms with Gasteiger partial charge in [-0.1, -0.05) is 49.6 Å². The maximum Gasteiger partial charge on any atom is 0.0658 e. The van der Waals surface area contributed by atoms with Crippen LogP contribution in [0, 0.1) is 23.2 Å². The fourth-order valence-corrected chi connectivity index (χ4v) is 2.72. The molecule has 84 valence electrons. The van der Waals surface area contributed by atoms with Gasteiger partial charge in [-0.3, -0.25) is 0 Å². The Labute approximate surface area is 98.1 Å². The van der Waals surface area contributed by atoms with Crippen LogP contribution in [0.3, 0.4) is 0 Å². The standard InChI is InChI=1S/C15H19N/c16-12-15-10-6-2-5-9-14(15)11-13-7-3-1-4-8-13/h1,3-4,7-8,14-15H,2,5-6,9-11H2. The summed E-state index contributed by atoms with van der Waals surface area (Å²) in [6, 6.07) is 13.1. The molecule has 1 fully saturated rings. The van der Waals surface area contributed by atoms with Crippen LogP contribution in [0.1, 0.15) is 37.7 Å². The molecular weight excluding hydrogens is 194 g/mol. The average Bonchev–Trinajstić information content (AvgIpc) is 2.55. The van der Waals surface area contributed by atoms with Crippen LogP contribution in [0.15, 0.2) is 30.3 Å². The minimum atomic E-state index is 0.280. The van der Waals surface area contributed by atoms with Gasteiger partial charge in [0.2, 0.25) is 0 Å². The highest BCUT2D eigenvalue weighted by atomic mass is 14.3. The van der Waals surface area contributed by atoms with Gasteiger partial charge in [-0.05, 0) is 30.7 Å².